The summed E-state index contributed by atoms with van der Waals surface area (Å²) in [6.45, 7) is 4.59. The van der Waals surface area contributed by atoms with Crippen molar-refractivity contribution in [2.24, 2.45) is 0 Å². The second kappa shape index (κ2) is 5.88. The lowest BCUT2D eigenvalue weighted by molar-refractivity contribution is -0.131. The van der Waals surface area contributed by atoms with Crippen LogP contribution in [0.1, 0.15) is 13.8 Å². The first-order valence-electron chi connectivity index (χ1n) is 3.41. The summed E-state index contributed by atoms with van der Waals surface area (Å²) in [4.78, 5) is 14.9. The molecule has 0 aliphatic rings. The van der Waals surface area contributed by atoms with Crippen LogP contribution in [0.25, 0.3) is 0 Å². The van der Waals surface area contributed by atoms with Gasteiger partial charge in [-0.2, -0.15) is 5.48 Å². The van der Waals surface area contributed by atoms with Crippen molar-refractivity contribution < 1.29 is 14.7 Å². The predicted molar refractivity (Wildman–Crippen MR) is 41.0 cm³/mol. The molecule has 0 heterocycles. The first kappa shape index (κ1) is 10.1. The molecule has 0 bridgehead atoms. The maximum atomic E-state index is 10.1. The van der Waals surface area contributed by atoms with Gasteiger partial charge >= 0.3 is 5.97 Å². The third kappa shape index (κ3) is 7.02. The molecule has 0 spiro atoms. The molecule has 0 aliphatic heterocycles. The molecule has 0 saturated carbocycles. The van der Waals surface area contributed by atoms with Crippen LogP contribution in [-0.4, -0.2) is 24.2 Å². The number of carboxylic acid groups (broad SMARTS) is 1. The molecule has 0 saturated heterocycles. The standard InChI is InChI=1S/C7H13NO3/c1-3-11-8-5-6(2)4-7(9)10/h4,8H,3,5H2,1-2H3,(H,9,10). The predicted octanol–water partition coefficient (Wildman–Crippen LogP) is 0.558. The average Bonchev–Trinajstić information content (AvgIpc) is 1.86. The molecule has 4 nitrogen and oxygen atoms in total. The molecule has 0 aromatic rings. The summed E-state index contributed by atoms with van der Waals surface area (Å²) < 4.78 is 0. The van der Waals surface area contributed by atoms with Gasteiger partial charge in [0.1, 0.15) is 0 Å². The highest BCUT2D eigenvalue weighted by molar-refractivity contribution is 5.80. The van der Waals surface area contributed by atoms with Crippen molar-refractivity contribution >= 4 is 5.97 Å². The zero-order valence-electron chi connectivity index (χ0n) is 6.76. The minimum atomic E-state index is -0.930. The fraction of sp³-hybridized carbons (Fsp3) is 0.571. The molecule has 0 fully saturated rings. The van der Waals surface area contributed by atoms with Crippen molar-refractivity contribution in [2.75, 3.05) is 13.2 Å². The van der Waals surface area contributed by atoms with E-state index in [9.17, 15) is 4.79 Å². The van der Waals surface area contributed by atoms with Crippen LogP contribution in [0, 0.1) is 0 Å². The molecule has 0 rings (SSSR count). The number of carboxylic acids is 1. The Morgan fingerprint density at radius 3 is 2.82 bits per heavy atom. The number of hydrogen-bond acceptors (Lipinski definition) is 3. The first-order chi connectivity index (χ1) is 5.16. The topological polar surface area (TPSA) is 58.6 Å². The highest BCUT2D eigenvalue weighted by Crippen LogP contribution is 1.88. The molecular formula is C7H13NO3. The monoisotopic (exact) mass is 159 g/mol. The largest absolute Gasteiger partial charge is 0.478 e. The van der Waals surface area contributed by atoms with Crippen molar-refractivity contribution in [1.29, 1.82) is 0 Å². The van der Waals surface area contributed by atoms with Gasteiger partial charge in [0.2, 0.25) is 0 Å². The Kier molecular flexibility index (Phi) is 5.42. The molecule has 4 heteroatoms. The van der Waals surface area contributed by atoms with E-state index in [1.807, 2.05) is 6.92 Å². The van der Waals surface area contributed by atoms with Gasteiger partial charge in [-0.15, -0.1) is 0 Å². The molecular weight excluding hydrogens is 146 g/mol. The molecule has 0 amide bonds. The van der Waals surface area contributed by atoms with Crippen LogP contribution in [0.15, 0.2) is 11.6 Å². The summed E-state index contributed by atoms with van der Waals surface area (Å²) in [5, 5.41) is 8.30. The first-order valence-corrected chi connectivity index (χ1v) is 3.41. The van der Waals surface area contributed by atoms with E-state index in [4.69, 9.17) is 9.94 Å². The third-order valence-electron chi connectivity index (χ3n) is 0.967. The van der Waals surface area contributed by atoms with Crippen molar-refractivity contribution in [1.82, 2.24) is 5.48 Å². The van der Waals surface area contributed by atoms with Gasteiger partial charge in [0.05, 0.1) is 6.61 Å². The van der Waals surface area contributed by atoms with E-state index in [2.05, 4.69) is 5.48 Å². The van der Waals surface area contributed by atoms with Crippen LogP contribution in [0.3, 0.4) is 0 Å². The van der Waals surface area contributed by atoms with Crippen molar-refractivity contribution in [3.8, 4) is 0 Å². The maximum absolute atomic E-state index is 10.1. The Morgan fingerprint density at radius 2 is 2.36 bits per heavy atom. The minimum absolute atomic E-state index is 0.445. The van der Waals surface area contributed by atoms with E-state index < -0.39 is 5.97 Å². The van der Waals surface area contributed by atoms with Crippen LogP contribution >= 0.6 is 0 Å². The van der Waals surface area contributed by atoms with Gasteiger partial charge in [0, 0.05) is 12.6 Å². The molecule has 0 aromatic heterocycles. The zero-order valence-corrected chi connectivity index (χ0v) is 6.76. The molecule has 11 heavy (non-hydrogen) atoms. The van der Waals surface area contributed by atoms with Gasteiger partial charge < -0.3 is 9.94 Å². The zero-order chi connectivity index (χ0) is 8.69. The second-order valence-electron chi connectivity index (χ2n) is 2.08. The van der Waals surface area contributed by atoms with Crippen molar-refractivity contribution in [2.45, 2.75) is 13.8 Å². The van der Waals surface area contributed by atoms with E-state index in [0.717, 1.165) is 11.6 Å². The van der Waals surface area contributed by atoms with E-state index in [-0.39, 0.29) is 0 Å². The summed E-state index contributed by atoms with van der Waals surface area (Å²) in [5.41, 5.74) is 3.34. The molecule has 0 radical (unpaired) electrons. The van der Waals surface area contributed by atoms with Gasteiger partial charge in [-0.05, 0) is 19.4 Å². The van der Waals surface area contributed by atoms with Crippen LogP contribution in [0.2, 0.25) is 0 Å². The molecule has 2 N–H and O–H groups in total. The van der Waals surface area contributed by atoms with E-state index >= 15 is 0 Å². The highest BCUT2D eigenvalue weighted by atomic mass is 16.6. The Hall–Kier alpha value is -0.870. The third-order valence-corrected chi connectivity index (χ3v) is 0.967. The lowest BCUT2D eigenvalue weighted by atomic mass is 10.3. The van der Waals surface area contributed by atoms with Gasteiger partial charge in [-0.1, -0.05) is 0 Å². The summed E-state index contributed by atoms with van der Waals surface area (Å²) in [6.07, 6.45) is 1.14. The lowest BCUT2D eigenvalue weighted by Gasteiger charge is -2.01. The van der Waals surface area contributed by atoms with Crippen LogP contribution < -0.4 is 5.48 Å². The average molecular weight is 159 g/mol. The minimum Gasteiger partial charge on any atom is -0.478 e. The lowest BCUT2D eigenvalue weighted by Crippen LogP contribution is -2.16. The van der Waals surface area contributed by atoms with Gasteiger partial charge in [0.15, 0.2) is 0 Å². The van der Waals surface area contributed by atoms with E-state index in [1.54, 1.807) is 6.92 Å². The Labute approximate surface area is 65.8 Å². The summed E-state index contributed by atoms with van der Waals surface area (Å²) >= 11 is 0. The number of aliphatic carboxylic acids is 1. The molecule has 0 aromatic carbocycles. The quantitative estimate of drug-likeness (QED) is 0.349. The molecule has 0 unspecified atom stereocenters. The highest BCUT2D eigenvalue weighted by Gasteiger charge is 1.92. The molecule has 0 atom stereocenters. The Morgan fingerprint density at radius 1 is 1.73 bits per heavy atom. The van der Waals surface area contributed by atoms with Crippen LogP contribution in [0.5, 0.6) is 0 Å². The number of nitrogens with one attached hydrogen (secondary N) is 1. The van der Waals surface area contributed by atoms with Gasteiger partial charge in [-0.3, -0.25) is 0 Å². The summed E-state index contributed by atoms with van der Waals surface area (Å²) in [7, 11) is 0. The van der Waals surface area contributed by atoms with Crippen molar-refractivity contribution in [3.63, 3.8) is 0 Å². The van der Waals surface area contributed by atoms with Crippen LogP contribution in [0.4, 0.5) is 0 Å². The fourth-order valence-electron chi connectivity index (χ4n) is 0.529. The number of hydroxylamine groups is 1. The number of rotatable bonds is 5. The number of carbonyl (C=O) groups is 1. The molecule has 64 valence electrons. The van der Waals surface area contributed by atoms with E-state index in [0.29, 0.717) is 13.2 Å². The van der Waals surface area contributed by atoms with Gasteiger partial charge in [-0.25, -0.2) is 4.79 Å². The van der Waals surface area contributed by atoms with Gasteiger partial charge in [0.25, 0.3) is 0 Å². The Balaban J connectivity index is 3.51. The molecule has 0 aliphatic carbocycles. The second-order valence-corrected chi connectivity index (χ2v) is 2.08. The smallest absolute Gasteiger partial charge is 0.328 e. The maximum Gasteiger partial charge on any atom is 0.328 e. The van der Waals surface area contributed by atoms with Crippen molar-refractivity contribution in [3.05, 3.63) is 11.6 Å². The summed E-state index contributed by atoms with van der Waals surface area (Å²) in [5.74, 6) is -0.930. The van der Waals surface area contributed by atoms with Crippen LogP contribution in [-0.2, 0) is 9.63 Å². The number of hydrogen-bond donors (Lipinski definition) is 2. The fourth-order valence-corrected chi connectivity index (χ4v) is 0.529. The Bertz CT molecular complexity index is 154. The normalized spacial score (nSPS) is 11.6. The summed E-state index contributed by atoms with van der Waals surface area (Å²) in [6, 6.07) is 0. The SMILES string of the molecule is CCONCC(C)=CC(=O)O. The van der Waals surface area contributed by atoms with E-state index in [1.165, 1.54) is 0 Å².